The van der Waals surface area contributed by atoms with Gasteiger partial charge < -0.3 is 10.4 Å². The molecule has 1 amide bonds. The molecule has 2 rings (SSSR count). The van der Waals surface area contributed by atoms with E-state index in [1.165, 1.54) is 6.07 Å². The van der Waals surface area contributed by atoms with Crippen LogP contribution in [0.15, 0.2) is 18.2 Å². The Morgan fingerprint density at radius 3 is 2.45 bits per heavy atom. The van der Waals surface area contributed by atoms with Gasteiger partial charge in [-0.1, -0.05) is 24.4 Å². The number of carboxylic acid groups (broad SMARTS) is 1. The molecule has 1 aliphatic rings. The minimum atomic E-state index is -0.956. The summed E-state index contributed by atoms with van der Waals surface area (Å²) in [5.41, 5.74) is 0.245. The maximum atomic E-state index is 13.2. The third-order valence-electron chi connectivity index (χ3n) is 3.55. The summed E-state index contributed by atoms with van der Waals surface area (Å²) in [5, 5.41) is 11.9. The minimum absolute atomic E-state index is 0.179. The Kier molecular flexibility index (Phi) is 4.60. The fourth-order valence-electron chi connectivity index (χ4n) is 2.60. The minimum Gasteiger partial charge on any atom is -0.481 e. The van der Waals surface area contributed by atoms with Gasteiger partial charge in [-0.05, 0) is 31.0 Å². The number of carbonyl (C=O) groups excluding carboxylic acids is 1. The summed E-state index contributed by atoms with van der Waals surface area (Å²) >= 11 is 5.71. The fourth-order valence-corrected chi connectivity index (χ4v) is 2.82. The SMILES string of the molecule is O=C(Nc1cc(F)cc(Cl)c1)[C@H]1CCCC[C@H]1C(=O)O. The van der Waals surface area contributed by atoms with E-state index in [0.29, 0.717) is 12.8 Å². The zero-order valence-electron chi connectivity index (χ0n) is 10.7. The van der Waals surface area contributed by atoms with E-state index in [-0.39, 0.29) is 10.7 Å². The molecule has 1 saturated carbocycles. The highest BCUT2D eigenvalue weighted by molar-refractivity contribution is 6.30. The van der Waals surface area contributed by atoms with E-state index in [1.54, 1.807) is 0 Å². The third kappa shape index (κ3) is 3.48. The first-order valence-electron chi connectivity index (χ1n) is 6.47. The van der Waals surface area contributed by atoms with Crippen molar-refractivity contribution in [1.29, 1.82) is 0 Å². The summed E-state index contributed by atoms with van der Waals surface area (Å²) in [6.07, 6.45) is 2.67. The van der Waals surface area contributed by atoms with Crippen molar-refractivity contribution in [3.63, 3.8) is 0 Å². The molecule has 2 N–H and O–H groups in total. The lowest BCUT2D eigenvalue weighted by molar-refractivity contribution is -0.147. The zero-order valence-corrected chi connectivity index (χ0v) is 11.5. The molecule has 4 nitrogen and oxygen atoms in total. The van der Waals surface area contributed by atoms with Crippen LogP contribution in [0.4, 0.5) is 10.1 Å². The summed E-state index contributed by atoms with van der Waals surface area (Å²) < 4.78 is 13.2. The summed E-state index contributed by atoms with van der Waals surface area (Å²) in [5.74, 6) is -3.15. The summed E-state index contributed by atoms with van der Waals surface area (Å²) in [4.78, 5) is 23.3. The second kappa shape index (κ2) is 6.22. The first kappa shape index (κ1) is 14.8. The molecule has 0 saturated heterocycles. The van der Waals surface area contributed by atoms with Crippen LogP contribution < -0.4 is 5.32 Å². The van der Waals surface area contributed by atoms with Gasteiger partial charge in [0, 0.05) is 10.7 Å². The van der Waals surface area contributed by atoms with Crippen LogP contribution in [-0.4, -0.2) is 17.0 Å². The van der Waals surface area contributed by atoms with Crippen molar-refractivity contribution in [3.8, 4) is 0 Å². The normalized spacial score (nSPS) is 22.3. The molecule has 20 heavy (non-hydrogen) atoms. The average molecular weight is 300 g/mol. The summed E-state index contributed by atoms with van der Waals surface area (Å²) in [6.45, 7) is 0. The average Bonchev–Trinajstić information content (AvgIpc) is 2.37. The predicted octanol–water partition coefficient (Wildman–Crippen LogP) is 3.31. The summed E-state index contributed by atoms with van der Waals surface area (Å²) in [7, 11) is 0. The highest BCUT2D eigenvalue weighted by atomic mass is 35.5. The number of aliphatic carboxylic acids is 1. The number of hydrogen-bond acceptors (Lipinski definition) is 2. The molecule has 0 aromatic heterocycles. The van der Waals surface area contributed by atoms with Crippen molar-refractivity contribution >= 4 is 29.2 Å². The molecule has 1 aromatic carbocycles. The number of nitrogens with one attached hydrogen (secondary N) is 1. The van der Waals surface area contributed by atoms with E-state index in [9.17, 15) is 14.0 Å². The van der Waals surface area contributed by atoms with Crippen LogP contribution in [0.1, 0.15) is 25.7 Å². The van der Waals surface area contributed by atoms with Gasteiger partial charge in [-0.2, -0.15) is 0 Å². The molecule has 1 aliphatic carbocycles. The van der Waals surface area contributed by atoms with Gasteiger partial charge in [0.1, 0.15) is 5.82 Å². The van der Waals surface area contributed by atoms with Crippen LogP contribution in [0.25, 0.3) is 0 Å². The topological polar surface area (TPSA) is 66.4 Å². The molecule has 0 aliphatic heterocycles. The molecule has 108 valence electrons. The van der Waals surface area contributed by atoms with Gasteiger partial charge in [0.2, 0.25) is 5.91 Å². The van der Waals surface area contributed by atoms with Gasteiger partial charge >= 0.3 is 5.97 Å². The van der Waals surface area contributed by atoms with Crippen LogP contribution in [0.2, 0.25) is 5.02 Å². The van der Waals surface area contributed by atoms with Gasteiger partial charge in [-0.15, -0.1) is 0 Å². The highest BCUT2D eigenvalue weighted by Crippen LogP contribution is 2.31. The molecule has 6 heteroatoms. The van der Waals surface area contributed by atoms with Crippen LogP contribution in [0.3, 0.4) is 0 Å². The van der Waals surface area contributed by atoms with Gasteiger partial charge in [0.05, 0.1) is 11.8 Å². The first-order valence-corrected chi connectivity index (χ1v) is 6.85. The molecule has 1 fully saturated rings. The lowest BCUT2D eigenvalue weighted by atomic mass is 9.78. The van der Waals surface area contributed by atoms with E-state index in [0.717, 1.165) is 25.0 Å². The molecule has 0 heterocycles. The van der Waals surface area contributed by atoms with Gasteiger partial charge in [0.15, 0.2) is 0 Å². The number of hydrogen-bond donors (Lipinski definition) is 2. The van der Waals surface area contributed by atoms with Crippen molar-refractivity contribution in [2.75, 3.05) is 5.32 Å². The van der Waals surface area contributed by atoms with Gasteiger partial charge in [-0.3, -0.25) is 9.59 Å². The second-order valence-electron chi connectivity index (χ2n) is 4.98. The van der Waals surface area contributed by atoms with Crippen molar-refractivity contribution < 1.29 is 19.1 Å². The monoisotopic (exact) mass is 299 g/mol. The van der Waals surface area contributed by atoms with Crippen LogP contribution in [0.5, 0.6) is 0 Å². The van der Waals surface area contributed by atoms with Crippen molar-refractivity contribution in [1.82, 2.24) is 0 Å². The molecule has 0 unspecified atom stereocenters. The van der Waals surface area contributed by atoms with Crippen LogP contribution in [0, 0.1) is 17.7 Å². The number of carbonyl (C=O) groups is 2. The Morgan fingerprint density at radius 2 is 1.85 bits per heavy atom. The lowest BCUT2D eigenvalue weighted by Crippen LogP contribution is -2.36. The molecular formula is C14H15ClFNO3. The second-order valence-corrected chi connectivity index (χ2v) is 5.42. The van der Waals surface area contributed by atoms with E-state index in [2.05, 4.69) is 5.32 Å². The number of halogens is 2. The van der Waals surface area contributed by atoms with Crippen LogP contribution >= 0.6 is 11.6 Å². The molecular weight excluding hydrogens is 285 g/mol. The Labute approximate surface area is 120 Å². The fraction of sp³-hybridized carbons (Fsp3) is 0.429. The van der Waals surface area contributed by atoms with Crippen molar-refractivity contribution in [2.24, 2.45) is 11.8 Å². The molecule has 0 radical (unpaired) electrons. The first-order chi connectivity index (χ1) is 9.47. The Morgan fingerprint density at radius 1 is 1.20 bits per heavy atom. The lowest BCUT2D eigenvalue weighted by Gasteiger charge is -2.27. The Hall–Kier alpha value is -1.62. The summed E-state index contributed by atoms with van der Waals surface area (Å²) in [6, 6.07) is 3.72. The zero-order chi connectivity index (χ0) is 14.7. The van der Waals surface area contributed by atoms with Crippen molar-refractivity contribution in [3.05, 3.63) is 29.0 Å². The quantitative estimate of drug-likeness (QED) is 0.900. The third-order valence-corrected chi connectivity index (χ3v) is 3.77. The standard InChI is InChI=1S/C14H15ClFNO3/c15-8-5-9(16)7-10(6-8)17-13(18)11-3-1-2-4-12(11)14(19)20/h5-7,11-12H,1-4H2,(H,17,18)(H,19,20)/t11-,12+/m0/s1. The predicted molar refractivity (Wildman–Crippen MR) is 73.1 cm³/mol. The molecule has 0 spiro atoms. The Bertz CT molecular complexity index is 515. The van der Waals surface area contributed by atoms with Gasteiger partial charge in [0.25, 0.3) is 0 Å². The smallest absolute Gasteiger partial charge is 0.307 e. The maximum Gasteiger partial charge on any atom is 0.307 e. The molecule has 0 bridgehead atoms. The number of benzene rings is 1. The number of carboxylic acids is 1. The molecule has 1 aromatic rings. The van der Waals surface area contributed by atoms with E-state index in [4.69, 9.17) is 16.7 Å². The number of amides is 1. The van der Waals surface area contributed by atoms with E-state index in [1.807, 2.05) is 0 Å². The number of anilines is 1. The number of rotatable bonds is 3. The Balaban J connectivity index is 2.11. The highest BCUT2D eigenvalue weighted by Gasteiger charge is 2.35. The molecule has 2 atom stereocenters. The maximum absolute atomic E-state index is 13.2. The van der Waals surface area contributed by atoms with Crippen LogP contribution in [-0.2, 0) is 9.59 Å². The van der Waals surface area contributed by atoms with E-state index < -0.39 is 29.5 Å². The van der Waals surface area contributed by atoms with Crippen molar-refractivity contribution in [2.45, 2.75) is 25.7 Å². The largest absolute Gasteiger partial charge is 0.481 e. The van der Waals surface area contributed by atoms with E-state index >= 15 is 0 Å². The van der Waals surface area contributed by atoms with Gasteiger partial charge in [-0.25, -0.2) is 4.39 Å².